The maximum absolute atomic E-state index is 12.1. The van der Waals surface area contributed by atoms with Crippen LogP contribution in [0.2, 0.25) is 0 Å². The molecule has 3 aromatic carbocycles. The minimum absolute atomic E-state index is 0.243. The van der Waals surface area contributed by atoms with Crippen LogP contribution in [0.15, 0.2) is 79.1 Å². The van der Waals surface area contributed by atoms with Gasteiger partial charge in [0, 0.05) is 32.0 Å². The molecule has 0 aliphatic heterocycles. The molecular formula is C25H25N5O2. The fourth-order valence-corrected chi connectivity index (χ4v) is 3.24. The van der Waals surface area contributed by atoms with Crippen molar-refractivity contribution in [1.82, 2.24) is 15.3 Å². The molecule has 0 atom stereocenters. The summed E-state index contributed by atoms with van der Waals surface area (Å²) < 4.78 is 5.97. The van der Waals surface area contributed by atoms with E-state index < -0.39 is 0 Å². The first-order chi connectivity index (χ1) is 15.6. The van der Waals surface area contributed by atoms with Crippen LogP contribution in [0.1, 0.15) is 5.56 Å². The third kappa shape index (κ3) is 5.31. The molecule has 0 unspecified atom stereocenters. The normalized spacial score (nSPS) is 10.6. The van der Waals surface area contributed by atoms with Crippen molar-refractivity contribution < 1.29 is 9.53 Å². The Balaban J connectivity index is 1.35. The van der Waals surface area contributed by atoms with Crippen LogP contribution in [0, 0.1) is 0 Å². The lowest BCUT2D eigenvalue weighted by Gasteiger charge is -2.13. The van der Waals surface area contributed by atoms with Gasteiger partial charge in [-0.3, -0.25) is 0 Å². The number of hydrogen-bond donors (Lipinski definition) is 2. The molecule has 0 aliphatic carbocycles. The summed E-state index contributed by atoms with van der Waals surface area (Å²) in [4.78, 5) is 22.8. The SMILES string of the molecule is CN(C)c1ccc2c(Oc3ccc(NC(=O)NCCc4ccccc4)cc3)ncnc2c1. The molecule has 7 nitrogen and oxygen atoms in total. The van der Waals surface area contributed by atoms with Crippen molar-refractivity contribution in [1.29, 1.82) is 0 Å². The minimum Gasteiger partial charge on any atom is -0.438 e. The van der Waals surface area contributed by atoms with Crippen LogP contribution in [0.4, 0.5) is 16.2 Å². The molecule has 0 radical (unpaired) electrons. The van der Waals surface area contributed by atoms with Gasteiger partial charge in [0.1, 0.15) is 12.1 Å². The molecule has 2 N–H and O–H groups in total. The fraction of sp³-hybridized carbons (Fsp3) is 0.160. The topological polar surface area (TPSA) is 79.4 Å². The molecule has 0 bridgehead atoms. The van der Waals surface area contributed by atoms with Gasteiger partial charge in [0.05, 0.1) is 10.9 Å². The van der Waals surface area contributed by atoms with E-state index in [9.17, 15) is 4.79 Å². The Morgan fingerprint density at radius 3 is 2.50 bits per heavy atom. The maximum Gasteiger partial charge on any atom is 0.319 e. The van der Waals surface area contributed by atoms with E-state index in [0.717, 1.165) is 23.0 Å². The molecule has 0 aliphatic rings. The van der Waals surface area contributed by atoms with Crippen molar-refractivity contribution in [2.45, 2.75) is 6.42 Å². The van der Waals surface area contributed by atoms with Crippen LogP contribution in [0.25, 0.3) is 10.9 Å². The molecule has 2 amide bonds. The van der Waals surface area contributed by atoms with Gasteiger partial charge in [-0.1, -0.05) is 30.3 Å². The molecule has 0 saturated carbocycles. The number of urea groups is 1. The third-order valence-corrected chi connectivity index (χ3v) is 4.97. The number of ether oxygens (including phenoxy) is 1. The molecule has 0 saturated heterocycles. The van der Waals surface area contributed by atoms with Crippen molar-refractivity contribution >= 4 is 28.3 Å². The predicted molar refractivity (Wildman–Crippen MR) is 128 cm³/mol. The molecule has 162 valence electrons. The van der Waals surface area contributed by atoms with Crippen LogP contribution in [-0.2, 0) is 6.42 Å². The summed E-state index contributed by atoms with van der Waals surface area (Å²) in [5.41, 5.74) is 3.73. The number of fused-ring (bicyclic) bond motifs is 1. The van der Waals surface area contributed by atoms with Crippen LogP contribution >= 0.6 is 0 Å². The van der Waals surface area contributed by atoms with E-state index in [0.29, 0.717) is 23.9 Å². The lowest BCUT2D eigenvalue weighted by molar-refractivity contribution is 0.252. The molecule has 0 fully saturated rings. The molecule has 4 aromatic rings. The van der Waals surface area contributed by atoms with Gasteiger partial charge in [0.25, 0.3) is 0 Å². The predicted octanol–water partition coefficient (Wildman–Crippen LogP) is 4.85. The Kier molecular flexibility index (Phi) is 6.46. The average molecular weight is 428 g/mol. The average Bonchev–Trinajstić information content (AvgIpc) is 2.81. The summed E-state index contributed by atoms with van der Waals surface area (Å²) >= 11 is 0. The summed E-state index contributed by atoms with van der Waals surface area (Å²) in [7, 11) is 3.97. The Hall–Kier alpha value is -4.13. The van der Waals surface area contributed by atoms with Crippen molar-refractivity contribution in [3.05, 3.63) is 84.7 Å². The maximum atomic E-state index is 12.1. The van der Waals surface area contributed by atoms with E-state index in [4.69, 9.17) is 4.74 Å². The molecule has 0 spiro atoms. The first-order valence-electron chi connectivity index (χ1n) is 10.4. The van der Waals surface area contributed by atoms with Gasteiger partial charge in [-0.2, -0.15) is 0 Å². The smallest absolute Gasteiger partial charge is 0.319 e. The van der Waals surface area contributed by atoms with Crippen LogP contribution in [0.5, 0.6) is 11.6 Å². The van der Waals surface area contributed by atoms with Gasteiger partial charge in [-0.25, -0.2) is 14.8 Å². The van der Waals surface area contributed by atoms with Gasteiger partial charge in [0.15, 0.2) is 0 Å². The number of benzene rings is 3. The first kappa shape index (κ1) is 21.1. The number of anilines is 2. The molecule has 4 rings (SSSR count). The zero-order valence-electron chi connectivity index (χ0n) is 18.1. The molecule has 1 aromatic heterocycles. The van der Waals surface area contributed by atoms with E-state index in [1.165, 1.54) is 11.9 Å². The fourth-order valence-electron chi connectivity index (χ4n) is 3.24. The highest BCUT2D eigenvalue weighted by molar-refractivity contribution is 5.89. The number of nitrogens with one attached hydrogen (secondary N) is 2. The number of hydrogen-bond acceptors (Lipinski definition) is 5. The highest BCUT2D eigenvalue weighted by Crippen LogP contribution is 2.29. The van der Waals surface area contributed by atoms with Crippen molar-refractivity contribution in [2.75, 3.05) is 30.9 Å². The van der Waals surface area contributed by atoms with Gasteiger partial charge in [-0.05, 0) is 54.4 Å². The van der Waals surface area contributed by atoms with Crippen LogP contribution < -0.4 is 20.3 Å². The van der Waals surface area contributed by atoms with Crippen LogP contribution in [-0.4, -0.2) is 36.6 Å². The number of amides is 2. The molecule has 1 heterocycles. The van der Waals surface area contributed by atoms with Crippen LogP contribution in [0.3, 0.4) is 0 Å². The highest BCUT2D eigenvalue weighted by Gasteiger charge is 2.08. The van der Waals surface area contributed by atoms with Gasteiger partial charge in [0.2, 0.25) is 5.88 Å². The first-order valence-corrected chi connectivity index (χ1v) is 10.4. The lowest BCUT2D eigenvalue weighted by Crippen LogP contribution is -2.30. The summed E-state index contributed by atoms with van der Waals surface area (Å²) in [6.45, 7) is 0.563. The zero-order chi connectivity index (χ0) is 22.3. The quantitative estimate of drug-likeness (QED) is 0.441. The standard InChI is InChI=1S/C25H25N5O2/c1-30(2)20-10-13-22-23(16-20)27-17-28-24(22)32-21-11-8-19(9-12-21)29-25(31)26-15-14-18-6-4-3-5-7-18/h3-13,16-17H,14-15H2,1-2H3,(H2,26,29,31). The Morgan fingerprint density at radius 1 is 0.969 bits per heavy atom. The second-order valence-corrected chi connectivity index (χ2v) is 7.52. The van der Waals surface area contributed by atoms with E-state index in [-0.39, 0.29) is 6.03 Å². The second-order valence-electron chi connectivity index (χ2n) is 7.52. The number of aromatic nitrogens is 2. The third-order valence-electron chi connectivity index (χ3n) is 4.97. The second kappa shape index (κ2) is 9.78. The minimum atomic E-state index is -0.243. The Bertz CT molecular complexity index is 1190. The van der Waals surface area contributed by atoms with Gasteiger partial charge < -0.3 is 20.3 Å². The monoisotopic (exact) mass is 427 g/mol. The Labute approximate surface area is 187 Å². The van der Waals surface area contributed by atoms with E-state index in [2.05, 4.69) is 20.6 Å². The molecular weight excluding hydrogens is 402 g/mol. The summed E-state index contributed by atoms with van der Waals surface area (Å²) in [5, 5.41) is 6.53. The summed E-state index contributed by atoms with van der Waals surface area (Å²) in [6, 6.07) is 22.9. The summed E-state index contributed by atoms with van der Waals surface area (Å²) in [5.74, 6) is 1.11. The number of nitrogens with zero attached hydrogens (tertiary/aromatic N) is 3. The van der Waals surface area contributed by atoms with E-state index in [1.807, 2.05) is 67.5 Å². The largest absolute Gasteiger partial charge is 0.438 e. The van der Waals surface area contributed by atoms with Crippen molar-refractivity contribution in [3.8, 4) is 11.6 Å². The zero-order valence-corrected chi connectivity index (χ0v) is 18.1. The molecule has 32 heavy (non-hydrogen) atoms. The molecule has 7 heteroatoms. The van der Waals surface area contributed by atoms with Gasteiger partial charge >= 0.3 is 6.03 Å². The van der Waals surface area contributed by atoms with E-state index in [1.54, 1.807) is 24.3 Å². The van der Waals surface area contributed by atoms with E-state index >= 15 is 0 Å². The number of carbonyl (C=O) groups excluding carboxylic acids is 1. The summed E-state index contributed by atoms with van der Waals surface area (Å²) in [6.07, 6.45) is 2.27. The number of rotatable bonds is 7. The van der Waals surface area contributed by atoms with Gasteiger partial charge in [-0.15, -0.1) is 0 Å². The van der Waals surface area contributed by atoms with Crippen molar-refractivity contribution in [3.63, 3.8) is 0 Å². The highest BCUT2D eigenvalue weighted by atomic mass is 16.5. The number of carbonyl (C=O) groups is 1. The Morgan fingerprint density at radius 2 is 1.75 bits per heavy atom. The lowest BCUT2D eigenvalue weighted by atomic mass is 10.1. The van der Waals surface area contributed by atoms with Crippen molar-refractivity contribution in [2.24, 2.45) is 0 Å².